The van der Waals surface area contributed by atoms with E-state index in [4.69, 9.17) is 34.0 Å². The Kier molecular flexibility index (Phi) is 4.73. The first-order chi connectivity index (χ1) is 10.3. The highest BCUT2D eigenvalue weighted by atomic mass is 35.5. The summed E-state index contributed by atoms with van der Waals surface area (Å²) in [5.41, 5.74) is 6.27. The molecule has 0 fully saturated rings. The second-order valence-corrected chi connectivity index (χ2v) is 5.11. The molecule has 116 valence electrons. The van der Waals surface area contributed by atoms with Gasteiger partial charge in [0.25, 0.3) is 0 Å². The van der Waals surface area contributed by atoms with E-state index in [1.54, 1.807) is 6.92 Å². The molecule has 1 heterocycles. The number of benzene rings is 1. The molecule has 1 aromatic carbocycles. The number of rotatable bonds is 3. The molecule has 1 aromatic heterocycles. The number of hydrogen-bond acceptors (Lipinski definition) is 4. The van der Waals surface area contributed by atoms with Crippen molar-refractivity contribution in [3.63, 3.8) is 0 Å². The van der Waals surface area contributed by atoms with Crippen LogP contribution < -0.4 is 10.5 Å². The van der Waals surface area contributed by atoms with E-state index in [2.05, 4.69) is 9.72 Å². The van der Waals surface area contributed by atoms with Gasteiger partial charge in [-0.1, -0.05) is 30.1 Å². The van der Waals surface area contributed by atoms with E-state index in [9.17, 15) is 9.18 Å². The lowest BCUT2D eigenvalue weighted by Gasteiger charge is -2.11. The number of nitrogens with zero attached hydrogens (tertiary/aromatic N) is 1. The van der Waals surface area contributed by atoms with Crippen molar-refractivity contribution in [1.82, 2.24) is 4.98 Å². The van der Waals surface area contributed by atoms with Crippen LogP contribution >= 0.6 is 23.2 Å². The number of ether oxygens (including phenoxy) is 1. The largest absolute Gasteiger partial charge is 0.512 e. The summed E-state index contributed by atoms with van der Waals surface area (Å²) in [5.74, 6) is -0.956. The van der Waals surface area contributed by atoms with Crippen LogP contribution in [0.1, 0.15) is 12.5 Å². The van der Waals surface area contributed by atoms with Gasteiger partial charge in [0.1, 0.15) is 10.8 Å². The van der Waals surface area contributed by atoms with Gasteiger partial charge in [0.15, 0.2) is 0 Å². The van der Waals surface area contributed by atoms with Gasteiger partial charge < -0.3 is 15.6 Å². The Labute approximate surface area is 135 Å². The standard InChI is InChI=1S/C14H11Cl2FN2O3/c1-2-6-8(15)4-3-7(12(6)17)10-5-9(18)11(16)13(19-10)22-14(20)21/h3-5H,2H2,1H3,(H2,18,19)(H,20,21). The molecule has 0 saturated heterocycles. The van der Waals surface area contributed by atoms with Crippen molar-refractivity contribution in [2.75, 3.05) is 5.73 Å². The third-order valence-electron chi connectivity index (χ3n) is 2.95. The van der Waals surface area contributed by atoms with Crippen LogP contribution in [0.4, 0.5) is 14.9 Å². The molecule has 0 atom stereocenters. The molecule has 5 nitrogen and oxygen atoms in total. The zero-order valence-corrected chi connectivity index (χ0v) is 12.9. The van der Waals surface area contributed by atoms with Crippen LogP contribution in [0.3, 0.4) is 0 Å². The molecule has 0 aliphatic rings. The van der Waals surface area contributed by atoms with Crippen molar-refractivity contribution < 1.29 is 19.0 Å². The molecule has 0 saturated carbocycles. The number of anilines is 1. The third-order valence-corrected chi connectivity index (χ3v) is 3.69. The first-order valence-electron chi connectivity index (χ1n) is 6.19. The lowest BCUT2D eigenvalue weighted by molar-refractivity contribution is 0.142. The van der Waals surface area contributed by atoms with Gasteiger partial charge in [-0.05, 0) is 24.6 Å². The molecule has 8 heteroatoms. The van der Waals surface area contributed by atoms with Crippen molar-refractivity contribution in [3.05, 3.63) is 39.6 Å². The monoisotopic (exact) mass is 344 g/mol. The van der Waals surface area contributed by atoms with Crippen LogP contribution in [-0.2, 0) is 6.42 Å². The summed E-state index contributed by atoms with van der Waals surface area (Å²) in [6.45, 7) is 1.76. The maximum absolute atomic E-state index is 14.5. The van der Waals surface area contributed by atoms with Crippen molar-refractivity contribution in [2.24, 2.45) is 0 Å². The molecular weight excluding hydrogens is 334 g/mol. The van der Waals surface area contributed by atoms with Crippen molar-refractivity contribution in [1.29, 1.82) is 0 Å². The minimum atomic E-state index is -1.60. The van der Waals surface area contributed by atoms with Crippen LogP contribution in [0.15, 0.2) is 18.2 Å². The Morgan fingerprint density at radius 1 is 1.45 bits per heavy atom. The maximum atomic E-state index is 14.5. The highest BCUT2D eigenvalue weighted by Gasteiger charge is 2.18. The molecule has 0 aliphatic heterocycles. The van der Waals surface area contributed by atoms with E-state index in [0.717, 1.165) is 0 Å². The first-order valence-corrected chi connectivity index (χ1v) is 6.94. The summed E-state index contributed by atoms with van der Waals surface area (Å²) in [5, 5.41) is 8.81. The SMILES string of the molecule is CCc1c(Cl)ccc(-c2cc(N)c(Cl)c(OC(=O)O)n2)c1F. The summed E-state index contributed by atoms with van der Waals surface area (Å²) in [4.78, 5) is 14.6. The average molecular weight is 345 g/mol. The van der Waals surface area contributed by atoms with E-state index < -0.39 is 17.9 Å². The highest BCUT2D eigenvalue weighted by Crippen LogP contribution is 2.35. The highest BCUT2D eigenvalue weighted by molar-refractivity contribution is 6.34. The maximum Gasteiger partial charge on any atom is 0.512 e. The number of halogens is 3. The van der Waals surface area contributed by atoms with Gasteiger partial charge in [0.2, 0.25) is 5.88 Å². The van der Waals surface area contributed by atoms with Gasteiger partial charge >= 0.3 is 6.16 Å². The summed E-state index contributed by atoms with van der Waals surface area (Å²) < 4.78 is 18.9. The van der Waals surface area contributed by atoms with Crippen LogP contribution in [-0.4, -0.2) is 16.2 Å². The van der Waals surface area contributed by atoms with Crippen molar-refractivity contribution in [3.8, 4) is 17.1 Å². The Balaban J connectivity index is 2.63. The Hall–Kier alpha value is -2.05. The number of pyridine rings is 1. The van der Waals surface area contributed by atoms with E-state index in [1.807, 2.05) is 0 Å². The van der Waals surface area contributed by atoms with E-state index in [1.165, 1.54) is 18.2 Å². The number of nitrogens with two attached hydrogens (primary N) is 1. The Morgan fingerprint density at radius 3 is 2.73 bits per heavy atom. The smallest absolute Gasteiger partial charge is 0.449 e. The number of aromatic nitrogens is 1. The molecule has 0 radical (unpaired) electrons. The van der Waals surface area contributed by atoms with E-state index in [0.29, 0.717) is 17.0 Å². The van der Waals surface area contributed by atoms with Crippen LogP contribution in [0.25, 0.3) is 11.3 Å². The van der Waals surface area contributed by atoms with Gasteiger partial charge in [-0.2, -0.15) is 0 Å². The van der Waals surface area contributed by atoms with Gasteiger partial charge in [-0.3, -0.25) is 0 Å². The molecule has 2 aromatic rings. The predicted molar refractivity (Wildman–Crippen MR) is 82.1 cm³/mol. The second kappa shape index (κ2) is 6.37. The molecule has 0 amide bonds. The molecule has 2 rings (SSSR count). The van der Waals surface area contributed by atoms with Gasteiger partial charge in [-0.25, -0.2) is 14.2 Å². The summed E-state index contributed by atoms with van der Waals surface area (Å²) >= 11 is 11.8. The van der Waals surface area contributed by atoms with Gasteiger partial charge in [-0.15, -0.1) is 0 Å². The number of nitrogen functional groups attached to an aromatic ring is 1. The van der Waals surface area contributed by atoms with Crippen molar-refractivity contribution in [2.45, 2.75) is 13.3 Å². The fourth-order valence-corrected chi connectivity index (χ4v) is 2.35. The topological polar surface area (TPSA) is 85.4 Å². The third kappa shape index (κ3) is 3.08. The number of carboxylic acid groups (broad SMARTS) is 1. The molecule has 0 spiro atoms. The quantitative estimate of drug-likeness (QED) is 0.806. The second-order valence-electron chi connectivity index (χ2n) is 4.32. The fourth-order valence-electron chi connectivity index (χ4n) is 1.93. The van der Waals surface area contributed by atoms with Gasteiger partial charge in [0.05, 0.1) is 11.4 Å². The Bertz CT molecular complexity index is 753. The van der Waals surface area contributed by atoms with Crippen LogP contribution in [0, 0.1) is 5.82 Å². The molecule has 0 unspecified atom stereocenters. The van der Waals surface area contributed by atoms with Crippen LogP contribution in [0.2, 0.25) is 10.0 Å². The lowest BCUT2D eigenvalue weighted by atomic mass is 10.0. The van der Waals surface area contributed by atoms with E-state index in [-0.39, 0.29) is 22.0 Å². The molecule has 22 heavy (non-hydrogen) atoms. The summed E-state index contributed by atoms with van der Waals surface area (Å²) in [7, 11) is 0. The molecule has 0 bridgehead atoms. The zero-order valence-electron chi connectivity index (χ0n) is 11.4. The first kappa shape index (κ1) is 16.3. The van der Waals surface area contributed by atoms with E-state index >= 15 is 0 Å². The minimum Gasteiger partial charge on any atom is -0.449 e. The number of hydrogen-bond donors (Lipinski definition) is 2. The van der Waals surface area contributed by atoms with Crippen LogP contribution in [0.5, 0.6) is 5.88 Å². The summed E-state index contributed by atoms with van der Waals surface area (Å²) in [6.07, 6.45) is -1.21. The molecule has 0 aliphatic carbocycles. The normalized spacial score (nSPS) is 10.5. The van der Waals surface area contributed by atoms with Crippen molar-refractivity contribution >= 4 is 35.0 Å². The predicted octanol–water partition coefficient (Wildman–Crippen LogP) is 4.40. The average Bonchev–Trinajstić information content (AvgIpc) is 2.44. The number of carbonyl (C=O) groups is 1. The Morgan fingerprint density at radius 2 is 2.14 bits per heavy atom. The fraction of sp³-hybridized carbons (Fsp3) is 0.143. The summed E-state index contributed by atoms with van der Waals surface area (Å²) in [6, 6.07) is 4.29. The zero-order chi connectivity index (χ0) is 16.4. The molecular formula is C14H11Cl2FN2O3. The van der Waals surface area contributed by atoms with Gasteiger partial charge in [0, 0.05) is 16.1 Å². The minimum absolute atomic E-state index is 0.0234. The lowest BCUT2D eigenvalue weighted by Crippen LogP contribution is -2.07. The molecule has 3 N–H and O–H groups in total.